The first-order valence-electron chi connectivity index (χ1n) is 8.36. The fourth-order valence-electron chi connectivity index (χ4n) is 2.93. The Hall–Kier alpha value is -3.39. The van der Waals surface area contributed by atoms with Gasteiger partial charge in [0.1, 0.15) is 5.02 Å². The molecule has 0 radical (unpaired) electrons. The van der Waals surface area contributed by atoms with E-state index in [1.165, 1.54) is 18.2 Å². The second-order valence-corrected chi connectivity index (χ2v) is 6.77. The third kappa shape index (κ3) is 3.96. The van der Waals surface area contributed by atoms with Crippen LogP contribution in [-0.4, -0.2) is 16.9 Å². The fourth-order valence-corrected chi connectivity index (χ4v) is 3.12. The maximum absolute atomic E-state index is 12.9. The quantitative estimate of drug-likeness (QED) is 0.534. The van der Waals surface area contributed by atoms with Gasteiger partial charge in [0.25, 0.3) is 11.6 Å². The van der Waals surface area contributed by atoms with Crippen molar-refractivity contribution in [3.8, 4) is 0 Å². The van der Waals surface area contributed by atoms with Gasteiger partial charge in [-0.2, -0.15) is 0 Å². The minimum Gasteiger partial charge on any atom is -0.327 e. The van der Waals surface area contributed by atoms with Crippen molar-refractivity contribution in [2.24, 2.45) is 0 Å². The number of amides is 3. The van der Waals surface area contributed by atoms with Gasteiger partial charge in [0, 0.05) is 17.5 Å². The average molecular weight is 401 g/mol. The SMILES string of the molecule is CC1=C(C(=O)Nc2ccc(C)cc2)C(c2ccc(Cl)c([N+](=O)[O-])c2)NC(=O)N1. The second kappa shape index (κ2) is 7.69. The standard InChI is InChI=1S/C19H17ClN4O4/c1-10-3-6-13(7-4-10)22-18(25)16-11(2)21-19(26)23-17(16)12-5-8-14(20)15(9-12)24(27)28/h3-9,17H,1-2H3,(H,22,25)(H2,21,23,26). The maximum atomic E-state index is 12.9. The normalized spacial score (nSPS) is 16.2. The summed E-state index contributed by atoms with van der Waals surface area (Å²) in [6.45, 7) is 3.53. The highest BCUT2D eigenvalue weighted by Gasteiger charge is 2.32. The first kappa shape index (κ1) is 19.4. The molecule has 3 N–H and O–H groups in total. The number of anilines is 1. The van der Waals surface area contributed by atoms with Crippen LogP contribution in [-0.2, 0) is 4.79 Å². The van der Waals surface area contributed by atoms with Gasteiger partial charge < -0.3 is 16.0 Å². The molecule has 1 atom stereocenters. The van der Waals surface area contributed by atoms with Crippen LogP contribution in [0.1, 0.15) is 24.1 Å². The van der Waals surface area contributed by atoms with Crippen LogP contribution in [0.5, 0.6) is 0 Å². The molecule has 3 amide bonds. The molecule has 0 spiro atoms. The van der Waals surface area contributed by atoms with E-state index in [1.807, 2.05) is 19.1 Å². The third-order valence-electron chi connectivity index (χ3n) is 4.32. The van der Waals surface area contributed by atoms with E-state index >= 15 is 0 Å². The van der Waals surface area contributed by atoms with Crippen molar-refractivity contribution in [2.45, 2.75) is 19.9 Å². The van der Waals surface area contributed by atoms with Gasteiger partial charge in [-0.1, -0.05) is 35.4 Å². The number of nitrogens with one attached hydrogen (secondary N) is 3. The zero-order chi connectivity index (χ0) is 20.4. The monoisotopic (exact) mass is 400 g/mol. The summed E-state index contributed by atoms with van der Waals surface area (Å²) in [5, 5.41) is 19.2. The number of hydrogen-bond acceptors (Lipinski definition) is 4. The summed E-state index contributed by atoms with van der Waals surface area (Å²) in [6, 6.07) is 10.0. The first-order valence-corrected chi connectivity index (χ1v) is 8.74. The number of urea groups is 1. The molecule has 1 aliphatic heterocycles. The number of nitro benzene ring substituents is 1. The highest BCUT2D eigenvalue weighted by atomic mass is 35.5. The fraction of sp³-hybridized carbons (Fsp3) is 0.158. The van der Waals surface area contributed by atoms with E-state index < -0.39 is 22.9 Å². The molecule has 3 rings (SSSR count). The van der Waals surface area contributed by atoms with Crippen LogP contribution in [0.4, 0.5) is 16.2 Å². The molecule has 0 aromatic heterocycles. The van der Waals surface area contributed by atoms with E-state index in [9.17, 15) is 19.7 Å². The van der Waals surface area contributed by atoms with Gasteiger partial charge in [0.15, 0.2) is 0 Å². The van der Waals surface area contributed by atoms with Crippen LogP contribution in [0.15, 0.2) is 53.7 Å². The second-order valence-electron chi connectivity index (χ2n) is 6.36. The number of allylic oxidation sites excluding steroid dienone is 1. The summed E-state index contributed by atoms with van der Waals surface area (Å²) >= 11 is 5.87. The highest BCUT2D eigenvalue weighted by molar-refractivity contribution is 6.32. The van der Waals surface area contributed by atoms with Crippen LogP contribution in [0, 0.1) is 17.0 Å². The van der Waals surface area contributed by atoms with E-state index in [1.54, 1.807) is 19.1 Å². The minimum atomic E-state index is -0.866. The lowest BCUT2D eigenvalue weighted by Crippen LogP contribution is -2.46. The number of benzene rings is 2. The molecule has 9 heteroatoms. The topological polar surface area (TPSA) is 113 Å². The van der Waals surface area contributed by atoms with Gasteiger partial charge in [-0.3, -0.25) is 14.9 Å². The Morgan fingerprint density at radius 1 is 1.18 bits per heavy atom. The van der Waals surface area contributed by atoms with Gasteiger partial charge in [0.2, 0.25) is 0 Å². The van der Waals surface area contributed by atoms with Crippen LogP contribution in [0.2, 0.25) is 5.02 Å². The highest BCUT2D eigenvalue weighted by Crippen LogP contribution is 2.33. The molecule has 0 aliphatic carbocycles. The lowest BCUT2D eigenvalue weighted by Gasteiger charge is -2.28. The van der Waals surface area contributed by atoms with Gasteiger partial charge in [-0.15, -0.1) is 0 Å². The summed E-state index contributed by atoms with van der Waals surface area (Å²) < 4.78 is 0. The molecular formula is C19H17ClN4O4. The number of carbonyl (C=O) groups excluding carboxylic acids is 2. The van der Waals surface area contributed by atoms with E-state index in [2.05, 4.69) is 16.0 Å². The van der Waals surface area contributed by atoms with E-state index in [-0.39, 0.29) is 16.3 Å². The Kier molecular flexibility index (Phi) is 5.32. The predicted molar refractivity (Wildman–Crippen MR) is 105 cm³/mol. The zero-order valence-corrected chi connectivity index (χ0v) is 15.8. The molecule has 0 fully saturated rings. The van der Waals surface area contributed by atoms with Crippen LogP contribution in [0.25, 0.3) is 0 Å². The molecule has 0 bridgehead atoms. The molecule has 1 aliphatic rings. The predicted octanol–water partition coefficient (Wildman–Crippen LogP) is 3.82. The molecule has 144 valence electrons. The number of rotatable bonds is 4. The summed E-state index contributed by atoms with van der Waals surface area (Å²) in [6.07, 6.45) is 0. The number of aryl methyl sites for hydroxylation is 1. The van der Waals surface area contributed by atoms with Crippen molar-refractivity contribution < 1.29 is 14.5 Å². The van der Waals surface area contributed by atoms with Crippen molar-refractivity contribution in [3.05, 3.63) is 80.0 Å². The third-order valence-corrected chi connectivity index (χ3v) is 4.64. The summed E-state index contributed by atoms with van der Waals surface area (Å²) in [7, 11) is 0. The van der Waals surface area contributed by atoms with E-state index in [0.29, 0.717) is 16.9 Å². The van der Waals surface area contributed by atoms with Gasteiger partial charge in [-0.25, -0.2) is 4.79 Å². The number of halogens is 1. The number of nitrogens with zero attached hydrogens (tertiary/aromatic N) is 1. The number of carbonyl (C=O) groups is 2. The van der Waals surface area contributed by atoms with Crippen LogP contribution in [0.3, 0.4) is 0 Å². The molecule has 0 saturated carbocycles. The van der Waals surface area contributed by atoms with Gasteiger partial charge >= 0.3 is 6.03 Å². The van der Waals surface area contributed by atoms with Crippen molar-refractivity contribution in [2.75, 3.05) is 5.32 Å². The summed E-state index contributed by atoms with van der Waals surface area (Å²) in [5.74, 6) is -0.434. The smallest absolute Gasteiger partial charge is 0.319 e. The van der Waals surface area contributed by atoms with E-state index in [4.69, 9.17) is 11.6 Å². The zero-order valence-electron chi connectivity index (χ0n) is 15.1. The molecule has 28 heavy (non-hydrogen) atoms. The van der Waals surface area contributed by atoms with Crippen molar-refractivity contribution in [1.29, 1.82) is 0 Å². The molecule has 0 saturated heterocycles. The number of nitro groups is 1. The molecule has 2 aromatic carbocycles. The van der Waals surface area contributed by atoms with Gasteiger partial charge in [-0.05, 0) is 37.6 Å². The Balaban J connectivity index is 1.99. The Labute approximate surface area is 165 Å². The molecule has 8 nitrogen and oxygen atoms in total. The Morgan fingerprint density at radius 2 is 1.86 bits per heavy atom. The summed E-state index contributed by atoms with van der Waals surface area (Å²) in [4.78, 5) is 35.5. The molecule has 1 unspecified atom stereocenters. The van der Waals surface area contributed by atoms with E-state index in [0.717, 1.165) is 5.56 Å². The average Bonchev–Trinajstić information content (AvgIpc) is 2.63. The lowest BCUT2D eigenvalue weighted by molar-refractivity contribution is -0.384. The van der Waals surface area contributed by atoms with Gasteiger partial charge in [0.05, 0.1) is 16.5 Å². The number of hydrogen-bond donors (Lipinski definition) is 3. The van der Waals surface area contributed by atoms with Crippen LogP contribution < -0.4 is 16.0 Å². The van der Waals surface area contributed by atoms with Crippen molar-refractivity contribution >= 4 is 34.9 Å². The first-order chi connectivity index (χ1) is 13.3. The molecule has 2 aromatic rings. The van der Waals surface area contributed by atoms with Crippen molar-refractivity contribution in [1.82, 2.24) is 10.6 Å². The molecular weight excluding hydrogens is 384 g/mol. The molecule has 1 heterocycles. The lowest BCUT2D eigenvalue weighted by atomic mass is 9.94. The minimum absolute atomic E-state index is 0.0274. The van der Waals surface area contributed by atoms with Crippen LogP contribution >= 0.6 is 11.6 Å². The Bertz CT molecular complexity index is 1000. The Morgan fingerprint density at radius 3 is 2.50 bits per heavy atom. The summed E-state index contributed by atoms with van der Waals surface area (Å²) in [5.41, 5.74) is 2.31. The van der Waals surface area contributed by atoms with Crippen molar-refractivity contribution in [3.63, 3.8) is 0 Å². The largest absolute Gasteiger partial charge is 0.327 e. The maximum Gasteiger partial charge on any atom is 0.319 e.